The summed E-state index contributed by atoms with van der Waals surface area (Å²) >= 11 is 0. The Labute approximate surface area is 144 Å². The van der Waals surface area contributed by atoms with Crippen molar-refractivity contribution in [3.63, 3.8) is 0 Å². The summed E-state index contributed by atoms with van der Waals surface area (Å²) < 4.78 is 12.2. The number of benzene rings is 1. The zero-order chi connectivity index (χ0) is 17.5. The molecule has 1 N–H and O–H groups in total. The van der Waals surface area contributed by atoms with E-state index < -0.39 is 5.97 Å². The van der Waals surface area contributed by atoms with Crippen LogP contribution in [-0.4, -0.2) is 29.4 Å². The monoisotopic (exact) mass is 330 g/mol. The predicted molar refractivity (Wildman–Crippen MR) is 94.5 cm³/mol. The molecule has 1 aliphatic heterocycles. The van der Waals surface area contributed by atoms with Crippen LogP contribution in [0, 0.1) is 5.92 Å². The van der Waals surface area contributed by atoms with E-state index in [1.807, 2.05) is 52.0 Å². The molecule has 130 valence electrons. The molecule has 2 atom stereocenters. The minimum atomic E-state index is -0.672. The Morgan fingerprint density at radius 1 is 1.04 bits per heavy atom. The summed E-state index contributed by atoms with van der Waals surface area (Å²) in [5.41, 5.74) is 1.39. The SMILES string of the molecule is CC1(C)OB(c2ccc(C3CCCCC3C(=O)O)cc2)OC1(C)C. The molecule has 0 bridgehead atoms. The molecular weight excluding hydrogens is 303 g/mol. The lowest BCUT2D eigenvalue weighted by atomic mass is 9.73. The van der Waals surface area contributed by atoms with Gasteiger partial charge in [0.1, 0.15) is 0 Å². The van der Waals surface area contributed by atoms with E-state index in [4.69, 9.17) is 9.31 Å². The maximum absolute atomic E-state index is 11.5. The Kier molecular flexibility index (Phi) is 4.52. The number of carbonyl (C=O) groups is 1. The molecule has 1 aliphatic carbocycles. The van der Waals surface area contributed by atoms with Crippen molar-refractivity contribution in [2.24, 2.45) is 5.92 Å². The fourth-order valence-electron chi connectivity index (χ4n) is 3.70. The van der Waals surface area contributed by atoms with Crippen molar-refractivity contribution >= 4 is 18.6 Å². The van der Waals surface area contributed by atoms with Crippen molar-refractivity contribution in [3.8, 4) is 0 Å². The maximum atomic E-state index is 11.5. The van der Waals surface area contributed by atoms with Gasteiger partial charge in [-0.1, -0.05) is 37.1 Å². The lowest BCUT2D eigenvalue weighted by Crippen LogP contribution is -2.41. The van der Waals surface area contributed by atoms with Crippen molar-refractivity contribution in [2.75, 3.05) is 0 Å². The van der Waals surface area contributed by atoms with Gasteiger partial charge in [0.25, 0.3) is 0 Å². The van der Waals surface area contributed by atoms with Crippen LogP contribution in [0.2, 0.25) is 0 Å². The number of aliphatic carboxylic acids is 1. The highest BCUT2D eigenvalue weighted by Crippen LogP contribution is 2.39. The van der Waals surface area contributed by atoms with Gasteiger partial charge in [-0.3, -0.25) is 4.79 Å². The lowest BCUT2D eigenvalue weighted by molar-refractivity contribution is -0.143. The molecule has 1 aromatic rings. The molecule has 2 fully saturated rings. The fourth-order valence-corrected chi connectivity index (χ4v) is 3.70. The van der Waals surface area contributed by atoms with Gasteiger partial charge in [-0.15, -0.1) is 0 Å². The number of hydrogen-bond acceptors (Lipinski definition) is 3. The highest BCUT2D eigenvalue weighted by Gasteiger charge is 2.51. The van der Waals surface area contributed by atoms with Crippen LogP contribution in [0.25, 0.3) is 0 Å². The van der Waals surface area contributed by atoms with Crippen molar-refractivity contribution < 1.29 is 19.2 Å². The summed E-state index contributed by atoms with van der Waals surface area (Å²) in [5, 5.41) is 9.47. The van der Waals surface area contributed by atoms with Crippen LogP contribution in [0.4, 0.5) is 0 Å². The molecular formula is C19H27BO4. The average Bonchev–Trinajstić information content (AvgIpc) is 2.75. The minimum Gasteiger partial charge on any atom is -0.481 e. The van der Waals surface area contributed by atoms with Gasteiger partial charge in [0.2, 0.25) is 0 Å². The Morgan fingerprint density at radius 2 is 1.58 bits per heavy atom. The summed E-state index contributed by atoms with van der Waals surface area (Å²) in [6.07, 6.45) is 3.85. The van der Waals surface area contributed by atoms with Crippen LogP contribution in [-0.2, 0) is 14.1 Å². The van der Waals surface area contributed by atoms with Gasteiger partial charge in [-0.25, -0.2) is 0 Å². The van der Waals surface area contributed by atoms with Crippen LogP contribution in [0.15, 0.2) is 24.3 Å². The summed E-state index contributed by atoms with van der Waals surface area (Å²) in [6, 6.07) is 8.13. The van der Waals surface area contributed by atoms with Gasteiger partial charge in [0, 0.05) is 0 Å². The van der Waals surface area contributed by atoms with Crippen molar-refractivity contribution in [3.05, 3.63) is 29.8 Å². The summed E-state index contributed by atoms with van der Waals surface area (Å²) in [4.78, 5) is 11.5. The van der Waals surface area contributed by atoms with E-state index in [1.165, 1.54) is 0 Å². The molecule has 2 unspecified atom stereocenters. The van der Waals surface area contributed by atoms with Crippen LogP contribution in [0.5, 0.6) is 0 Å². The molecule has 1 heterocycles. The standard InChI is InChI=1S/C19H27BO4/c1-18(2)19(3,4)24-20(23-18)14-11-9-13(10-12-14)15-7-5-6-8-16(15)17(21)22/h9-12,15-16H,5-8H2,1-4H3,(H,21,22). The van der Waals surface area contributed by atoms with Crippen LogP contribution in [0.3, 0.4) is 0 Å². The zero-order valence-corrected chi connectivity index (χ0v) is 15.0. The van der Waals surface area contributed by atoms with E-state index in [2.05, 4.69) is 0 Å². The Morgan fingerprint density at radius 3 is 2.12 bits per heavy atom. The third kappa shape index (κ3) is 3.12. The molecule has 0 radical (unpaired) electrons. The highest BCUT2D eigenvalue weighted by atomic mass is 16.7. The van der Waals surface area contributed by atoms with Crippen molar-refractivity contribution in [1.82, 2.24) is 0 Å². The molecule has 5 heteroatoms. The predicted octanol–water partition coefficient (Wildman–Crippen LogP) is 3.34. The molecule has 0 aromatic heterocycles. The molecule has 0 spiro atoms. The number of carboxylic acids is 1. The largest absolute Gasteiger partial charge is 0.494 e. The Balaban J connectivity index is 1.78. The van der Waals surface area contributed by atoms with E-state index in [1.54, 1.807) is 0 Å². The first-order chi connectivity index (χ1) is 11.2. The maximum Gasteiger partial charge on any atom is 0.494 e. The third-order valence-corrected chi connectivity index (χ3v) is 5.97. The number of carboxylic acid groups (broad SMARTS) is 1. The van der Waals surface area contributed by atoms with Crippen molar-refractivity contribution in [2.45, 2.75) is 70.5 Å². The molecule has 0 amide bonds. The lowest BCUT2D eigenvalue weighted by Gasteiger charge is -2.32. The Hall–Kier alpha value is -1.33. The first kappa shape index (κ1) is 17.5. The molecule has 1 aromatic carbocycles. The molecule has 1 saturated heterocycles. The average molecular weight is 330 g/mol. The summed E-state index contributed by atoms with van der Waals surface area (Å²) in [7, 11) is -0.370. The topological polar surface area (TPSA) is 55.8 Å². The van der Waals surface area contributed by atoms with Crippen LogP contribution < -0.4 is 5.46 Å². The van der Waals surface area contributed by atoms with Gasteiger partial charge in [-0.05, 0) is 57.5 Å². The number of hydrogen-bond donors (Lipinski definition) is 1. The van der Waals surface area contributed by atoms with E-state index >= 15 is 0 Å². The molecule has 24 heavy (non-hydrogen) atoms. The van der Waals surface area contributed by atoms with Gasteiger partial charge in [-0.2, -0.15) is 0 Å². The second-order valence-electron chi connectivity index (χ2n) is 8.09. The molecule has 4 nitrogen and oxygen atoms in total. The quantitative estimate of drug-likeness (QED) is 0.864. The molecule has 3 rings (SSSR count). The zero-order valence-electron chi connectivity index (χ0n) is 15.0. The smallest absolute Gasteiger partial charge is 0.481 e. The summed E-state index contributed by atoms with van der Waals surface area (Å²) in [5.74, 6) is -0.820. The molecule has 1 saturated carbocycles. The van der Waals surface area contributed by atoms with Crippen molar-refractivity contribution in [1.29, 1.82) is 0 Å². The third-order valence-electron chi connectivity index (χ3n) is 5.97. The van der Waals surface area contributed by atoms with E-state index in [0.29, 0.717) is 0 Å². The van der Waals surface area contributed by atoms with Gasteiger partial charge < -0.3 is 14.4 Å². The normalized spacial score (nSPS) is 28.8. The number of rotatable bonds is 3. The van der Waals surface area contributed by atoms with Gasteiger partial charge >= 0.3 is 13.1 Å². The van der Waals surface area contributed by atoms with Gasteiger partial charge in [0.15, 0.2) is 0 Å². The second-order valence-corrected chi connectivity index (χ2v) is 8.09. The molecule has 2 aliphatic rings. The Bertz CT molecular complexity index is 592. The fraction of sp³-hybridized carbons (Fsp3) is 0.632. The van der Waals surface area contributed by atoms with E-state index in [-0.39, 0.29) is 30.2 Å². The van der Waals surface area contributed by atoms with E-state index in [0.717, 1.165) is 36.7 Å². The first-order valence-corrected chi connectivity index (χ1v) is 8.89. The summed E-state index contributed by atoms with van der Waals surface area (Å²) in [6.45, 7) is 8.17. The first-order valence-electron chi connectivity index (χ1n) is 8.89. The van der Waals surface area contributed by atoms with E-state index in [9.17, 15) is 9.90 Å². The van der Waals surface area contributed by atoms with Gasteiger partial charge in [0.05, 0.1) is 17.1 Å². The highest BCUT2D eigenvalue weighted by molar-refractivity contribution is 6.62. The van der Waals surface area contributed by atoms with Crippen LogP contribution >= 0.6 is 0 Å². The van der Waals surface area contributed by atoms with Crippen LogP contribution in [0.1, 0.15) is 64.9 Å². The second kappa shape index (κ2) is 6.19. The minimum absolute atomic E-state index is 0.114.